The smallest absolute Gasteiger partial charge is 0.326 e. The third-order valence-electron chi connectivity index (χ3n) is 4.38. The molecule has 0 bridgehead atoms. The monoisotopic (exact) mass is 365 g/mol. The van der Waals surface area contributed by atoms with E-state index in [0.29, 0.717) is 10.9 Å². The number of amides is 1. The van der Waals surface area contributed by atoms with Gasteiger partial charge < -0.3 is 10.4 Å². The van der Waals surface area contributed by atoms with Crippen LogP contribution in [0.3, 0.4) is 0 Å². The Balaban J connectivity index is 1.81. The van der Waals surface area contributed by atoms with Crippen LogP contribution in [0.2, 0.25) is 0 Å². The summed E-state index contributed by atoms with van der Waals surface area (Å²) in [6.07, 6.45) is 1.46. The Bertz CT molecular complexity index is 1030. The lowest BCUT2D eigenvalue weighted by molar-refractivity contribution is -0.142. The number of aromatic nitrogens is 2. The van der Waals surface area contributed by atoms with Crippen LogP contribution in [0.5, 0.6) is 0 Å². The summed E-state index contributed by atoms with van der Waals surface area (Å²) in [7, 11) is 0. The Kier molecular flexibility index (Phi) is 5.30. The van der Waals surface area contributed by atoms with Crippen LogP contribution in [0.1, 0.15) is 18.5 Å². The van der Waals surface area contributed by atoms with Gasteiger partial charge in [-0.2, -0.15) is 0 Å². The van der Waals surface area contributed by atoms with E-state index < -0.39 is 24.0 Å². The van der Waals surface area contributed by atoms with E-state index in [2.05, 4.69) is 10.3 Å². The molecule has 3 rings (SSSR count). The van der Waals surface area contributed by atoms with Crippen molar-refractivity contribution < 1.29 is 14.7 Å². The molecule has 138 valence electrons. The van der Waals surface area contributed by atoms with Crippen LogP contribution in [-0.4, -0.2) is 32.6 Å². The number of aliphatic carboxylic acids is 1. The topological polar surface area (TPSA) is 101 Å². The maximum atomic E-state index is 12.6. The number of hydrogen-bond acceptors (Lipinski definition) is 4. The molecule has 2 atom stereocenters. The van der Waals surface area contributed by atoms with Crippen molar-refractivity contribution in [3.8, 4) is 0 Å². The van der Waals surface area contributed by atoms with Crippen LogP contribution in [0.4, 0.5) is 0 Å². The summed E-state index contributed by atoms with van der Waals surface area (Å²) in [5, 5.41) is 12.4. The minimum absolute atomic E-state index is 0.152. The minimum Gasteiger partial charge on any atom is -0.480 e. The summed E-state index contributed by atoms with van der Waals surface area (Å²) in [6, 6.07) is 13.9. The fourth-order valence-electron chi connectivity index (χ4n) is 2.83. The zero-order valence-electron chi connectivity index (χ0n) is 14.7. The summed E-state index contributed by atoms with van der Waals surface area (Å²) in [4.78, 5) is 40.9. The second-order valence-corrected chi connectivity index (χ2v) is 6.24. The van der Waals surface area contributed by atoms with Crippen molar-refractivity contribution in [1.29, 1.82) is 0 Å². The number of carbonyl (C=O) groups is 2. The molecule has 3 aromatic rings. The van der Waals surface area contributed by atoms with E-state index in [1.165, 1.54) is 17.8 Å². The molecule has 27 heavy (non-hydrogen) atoms. The number of hydrogen-bond donors (Lipinski definition) is 2. The Morgan fingerprint density at radius 2 is 1.78 bits per heavy atom. The first-order chi connectivity index (χ1) is 13.0. The summed E-state index contributed by atoms with van der Waals surface area (Å²) < 4.78 is 1.21. The highest BCUT2D eigenvalue weighted by Gasteiger charge is 2.25. The third kappa shape index (κ3) is 4.03. The molecule has 0 fully saturated rings. The van der Waals surface area contributed by atoms with Crippen molar-refractivity contribution in [1.82, 2.24) is 14.9 Å². The third-order valence-corrected chi connectivity index (χ3v) is 4.38. The number of carbonyl (C=O) groups excluding carboxylic acids is 1. The predicted molar refractivity (Wildman–Crippen MR) is 100 cm³/mol. The number of benzene rings is 2. The Hall–Kier alpha value is -3.48. The van der Waals surface area contributed by atoms with E-state index in [1.807, 2.05) is 6.07 Å². The van der Waals surface area contributed by atoms with E-state index in [-0.39, 0.29) is 12.0 Å². The molecule has 0 spiro atoms. The fraction of sp³-hybridized carbons (Fsp3) is 0.200. The molecule has 2 aromatic carbocycles. The normalized spacial score (nSPS) is 13.1. The molecule has 7 nitrogen and oxygen atoms in total. The van der Waals surface area contributed by atoms with Gasteiger partial charge in [0.2, 0.25) is 5.91 Å². The Labute approximate surface area is 155 Å². The van der Waals surface area contributed by atoms with E-state index in [0.717, 1.165) is 5.56 Å². The first-order valence-electron chi connectivity index (χ1n) is 8.50. The maximum Gasteiger partial charge on any atom is 0.326 e. The number of fused-ring (bicyclic) bond motifs is 1. The van der Waals surface area contributed by atoms with Crippen molar-refractivity contribution in [2.24, 2.45) is 0 Å². The highest BCUT2D eigenvalue weighted by Crippen LogP contribution is 2.10. The summed E-state index contributed by atoms with van der Waals surface area (Å²) in [5.41, 5.74) is 0.986. The van der Waals surface area contributed by atoms with Crippen molar-refractivity contribution in [2.45, 2.75) is 25.4 Å². The first-order valence-corrected chi connectivity index (χ1v) is 8.50. The lowest BCUT2D eigenvalue weighted by Crippen LogP contribution is -2.46. The molecule has 1 aromatic heterocycles. The van der Waals surface area contributed by atoms with Gasteiger partial charge in [-0.3, -0.25) is 14.2 Å². The van der Waals surface area contributed by atoms with Crippen LogP contribution in [0.25, 0.3) is 10.9 Å². The molecule has 0 saturated heterocycles. The number of para-hydroxylation sites is 1. The van der Waals surface area contributed by atoms with Crippen LogP contribution in [-0.2, 0) is 16.0 Å². The molecule has 0 aliphatic carbocycles. The fourth-order valence-corrected chi connectivity index (χ4v) is 2.83. The van der Waals surface area contributed by atoms with Crippen LogP contribution >= 0.6 is 0 Å². The quantitative estimate of drug-likeness (QED) is 0.693. The number of rotatable bonds is 6. The van der Waals surface area contributed by atoms with Gasteiger partial charge in [-0.1, -0.05) is 42.5 Å². The Morgan fingerprint density at radius 1 is 1.11 bits per heavy atom. The zero-order chi connectivity index (χ0) is 19.4. The van der Waals surface area contributed by atoms with Crippen LogP contribution < -0.4 is 10.9 Å². The van der Waals surface area contributed by atoms with Crippen molar-refractivity contribution in [3.05, 3.63) is 76.8 Å². The molecule has 1 heterocycles. The van der Waals surface area contributed by atoms with E-state index in [1.54, 1.807) is 48.5 Å². The molecule has 0 radical (unpaired) electrons. The van der Waals surface area contributed by atoms with Gasteiger partial charge in [-0.25, -0.2) is 9.78 Å². The number of nitrogens with one attached hydrogen (secondary N) is 1. The lowest BCUT2D eigenvalue weighted by Gasteiger charge is -2.19. The van der Waals surface area contributed by atoms with Crippen molar-refractivity contribution >= 4 is 22.8 Å². The van der Waals surface area contributed by atoms with Crippen LogP contribution in [0, 0.1) is 0 Å². The molecule has 0 aliphatic heterocycles. The zero-order valence-corrected chi connectivity index (χ0v) is 14.7. The highest BCUT2D eigenvalue weighted by molar-refractivity contribution is 5.86. The van der Waals surface area contributed by atoms with Gasteiger partial charge in [-0.05, 0) is 24.6 Å². The molecular weight excluding hydrogens is 346 g/mol. The molecule has 0 unspecified atom stereocenters. The van der Waals surface area contributed by atoms with E-state index in [4.69, 9.17) is 0 Å². The van der Waals surface area contributed by atoms with Crippen LogP contribution in [0.15, 0.2) is 65.7 Å². The lowest BCUT2D eigenvalue weighted by atomic mass is 10.1. The second-order valence-electron chi connectivity index (χ2n) is 6.24. The van der Waals surface area contributed by atoms with Gasteiger partial charge >= 0.3 is 5.97 Å². The number of carboxylic acids is 1. The van der Waals surface area contributed by atoms with Crippen molar-refractivity contribution in [3.63, 3.8) is 0 Å². The second kappa shape index (κ2) is 7.82. The largest absolute Gasteiger partial charge is 0.480 e. The molecule has 2 N–H and O–H groups in total. The molecular formula is C20H19N3O4. The molecule has 1 amide bonds. The molecule has 7 heteroatoms. The highest BCUT2D eigenvalue weighted by atomic mass is 16.4. The van der Waals surface area contributed by atoms with Gasteiger partial charge in [0.25, 0.3) is 5.56 Å². The van der Waals surface area contributed by atoms with Gasteiger partial charge in [0, 0.05) is 6.42 Å². The van der Waals surface area contributed by atoms with E-state index >= 15 is 0 Å². The maximum absolute atomic E-state index is 12.6. The van der Waals surface area contributed by atoms with Gasteiger partial charge in [0.05, 0.1) is 17.2 Å². The summed E-state index contributed by atoms with van der Waals surface area (Å²) in [5.74, 6) is -1.69. The van der Waals surface area contributed by atoms with Crippen molar-refractivity contribution in [2.75, 3.05) is 0 Å². The average molecular weight is 365 g/mol. The minimum atomic E-state index is -1.14. The average Bonchev–Trinajstić information content (AvgIpc) is 2.68. The van der Waals surface area contributed by atoms with Gasteiger partial charge in [0.15, 0.2) is 0 Å². The SMILES string of the molecule is C[C@@H](C(=O)N[C@@H](Cc1ccccc1)C(=O)O)n1cnc2ccccc2c1=O. The summed E-state index contributed by atoms with van der Waals surface area (Å²) in [6.45, 7) is 1.54. The van der Waals surface area contributed by atoms with Gasteiger partial charge in [-0.15, -0.1) is 0 Å². The Morgan fingerprint density at radius 3 is 2.48 bits per heavy atom. The summed E-state index contributed by atoms with van der Waals surface area (Å²) >= 11 is 0. The van der Waals surface area contributed by atoms with Gasteiger partial charge in [0.1, 0.15) is 12.1 Å². The molecule has 0 aliphatic rings. The molecule has 0 saturated carbocycles. The predicted octanol–water partition coefficient (Wildman–Crippen LogP) is 1.77. The van der Waals surface area contributed by atoms with E-state index in [9.17, 15) is 19.5 Å². The standard InChI is InChI=1S/C20H19N3O4/c1-13(23-12-21-16-10-6-5-9-15(16)19(23)25)18(24)22-17(20(26)27)11-14-7-3-2-4-8-14/h2-10,12-13,17H,11H2,1H3,(H,22,24)(H,26,27)/t13-,17-/m0/s1. The number of carboxylic acid groups (broad SMARTS) is 1. The first kappa shape index (κ1) is 18.3. The number of nitrogens with zero attached hydrogens (tertiary/aromatic N) is 2.